The van der Waals surface area contributed by atoms with E-state index < -0.39 is 5.97 Å². The average Bonchev–Trinajstić information content (AvgIpc) is 2.26. The fourth-order valence-corrected chi connectivity index (χ4v) is 2.27. The second kappa shape index (κ2) is 6.43. The van der Waals surface area contributed by atoms with Crippen molar-refractivity contribution in [3.8, 4) is 5.75 Å². The zero-order chi connectivity index (χ0) is 13.7. The molecular weight excluding hydrogens is 228 g/mol. The molecule has 0 amide bonds. The first-order valence-corrected chi connectivity index (χ1v) is 6.30. The van der Waals surface area contributed by atoms with Gasteiger partial charge in [0.25, 0.3) is 0 Å². The van der Waals surface area contributed by atoms with Crippen LogP contribution in [0.1, 0.15) is 43.7 Å². The van der Waals surface area contributed by atoms with E-state index in [9.17, 15) is 4.79 Å². The van der Waals surface area contributed by atoms with Crippen LogP contribution in [0, 0.1) is 12.8 Å². The van der Waals surface area contributed by atoms with E-state index in [0.717, 1.165) is 23.3 Å². The largest absolute Gasteiger partial charge is 0.496 e. The molecule has 3 nitrogen and oxygen atoms in total. The van der Waals surface area contributed by atoms with Gasteiger partial charge in [-0.3, -0.25) is 4.79 Å². The topological polar surface area (TPSA) is 46.5 Å². The predicted molar refractivity (Wildman–Crippen MR) is 72.2 cm³/mol. The lowest BCUT2D eigenvalue weighted by molar-refractivity contribution is -0.137. The highest BCUT2D eigenvalue weighted by molar-refractivity contribution is 5.68. The molecule has 0 aromatic heterocycles. The third-order valence-electron chi connectivity index (χ3n) is 3.07. The highest BCUT2D eigenvalue weighted by Crippen LogP contribution is 2.30. The second-order valence-electron chi connectivity index (χ2n) is 5.15. The van der Waals surface area contributed by atoms with Crippen molar-refractivity contribution in [3.63, 3.8) is 0 Å². The highest BCUT2D eigenvalue weighted by Gasteiger charge is 2.17. The van der Waals surface area contributed by atoms with Crippen molar-refractivity contribution in [2.24, 2.45) is 5.92 Å². The van der Waals surface area contributed by atoms with Crippen molar-refractivity contribution >= 4 is 5.97 Å². The predicted octanol–water partition coefficient (Wildman–Crippen LogP) is 3.61. The van der Waals surface area contributed by atoms with Crippen molar-refractivity contribution in [2.75, 3.05) is 7.11 Å². The summed E-state index contributed by atoms with van der Waals surface area (Å²) in [5.74, 6) is 0.662. The summed E-state index contributed by atoms with van der Waals surface area (Å²) in [5.41, 5.74) is 2.14. The first-order valence-electron chi connectivity index (χ1n) is 6.30. The van der Waals surface area contributed by atoms with Gasteiger partial charge in [0.2, 0.25) is 0 Å². The summed E-state index contributed by atoms with van der Waals surface area (Å²) in [5, 5.41) is 9.00. The van der Waals surface area contributed by atoms with Gasteiger partial charge in [0.05, 0.1) is 13.5 Å². The Morgan fingerprint density at radius 1 is 1.39 bits per heavy atom. The molecule has 0 radical (unpaired) electrons. The molecule has 0 aliphatic heterocycles. The molecule has 1 aromatic rings. The number of hydrogen-bond acceptors (Lipinski definition) is 2. The van der Waals surface area contributed by atoms with Crippen molar-refractivity contribution in [3.05, 3.63) is 29.3 Å². The number of aliphatic carboxylic acids is 1. The Bertz CT molecular complexity index is 410. The quantitative estimate of drug-likeness (QED) is 0.839. The SMILES string of the molecule is COc1ccc(C(CC(=O)O)CC(C)C)cc1C. The van der Waals surface area contributed by atoms with Gasteiger partial charge in [-0.15, -0.1) is 0 Å². The molecule has 3 heteroatoms. The Labute approximate surface area is 109 Å². The maximum Gasteiger partial charge on any atom is 0.303 e. The molecule has 18 heavy (non-hydrogen) atoms. The first kappa shape index (κ1) is 14.6. The van der Waals surface area contributed by atoms with Gasteiger partial charge in [0, 0.05) is 0 Å². The van der Waals surface area contributed by atoms with E-state index in [2.05, 4.69) is 13.8 Å². The van der Waals surface area contributed by atoms with Crippen molar-refractivity contribution in [1.82, 2.24) is 0 Å². The number of carboxylic acids is 1. The van der Waals surface area contributed by atoms with Gasteiger partial charge in [-0.25, -0.2) is 0 Å². The van der Waals surface area contributed by atoms with Crippen LogP contribution in [0.25, 0.3) is 0 Å². The van der Waals surface area contributed by atoms with Crippen LogP contribution < -0.4 is 4.74 Å². The number of ether oxygens (including phenoxy) is 1. The van der Waals surface area contributed by atoms with Crippen LogP contribution in [0.15, 0.2) is 18.2 Å². The lowest BCUT2D eigenvalue weighted by Gasteiger charge is -2.19. The van der Waals surface area contributed by atoms with Crippen LogP contribution >= 0.6 is 0 Å². The van der Waals surface area contributed by atoms with Crippen LogP contribution in [0.5, 0.6) is 5.75 Å². The van der Waals surface area contributed by atoms with Gasteiger partial charge in [-0.05, 0) is 42.4 Å². The Hall–Kier alpha value is -1.51. The molecule has 1 rings (SSSR count). The van der Waals surface area contributed by atoms with Crippen molar-refractivity contribution < 1.29 is 14.6 Å². The third-order valence-corrected chi connectivity index (χ3v) is 3.07. The normalized spacial score (nSPS) is 12.5. The number of benzene rings is 1. The lowest BCUT2D eigenvalue weighted by Crippen LogP contribution is -2.09. The van der Waals surface area contributed by atoms with E-state index in [1.54, 1.807) is 7.11 Å². The van der Waals surface area contributed by atoms with Gasteiger partial charge in [0.15, 0.2) is 0 Å². The maximum absolute atomic E-state index is 10.9. The Morgan fingerprint density at radius 3 is 2.50 bits per heavy atom. The minimum atomic E-state index is -0.742. The van der Waals surface area contributed by atoms with Gasteiger partial charge in [-0.2, -0.15) is 0 Å². The van der Waals surface area contributed by atoms with E-state index in [0.29, 0.717) is 5.92 Å². The first-order chi connectivity index (χ1) is 8.43. The average molecular weight is 250 g/mol. The Kier molecular flexibility index (Phi) is 5.20. The van der Waals surface area contributed by atoms with Crippen LogP contribution in [-0.2, 0) is 4.79 Å². The number of methoxy groups -OCH3 is 1. The molecule has 0 aliphatic carbocycles. The number of hydrogen-bond donors (Lipinski definition) is 1. The Morgan fingerprint density at radius 2 is 2.06 bits per heavy atom. The highest BCUT2D eigenvalue weighted by atomic mass is 16.5. The summed E-state index contributed by atoms with van der Waals surface area (Å²) in [4.78, 5) is 10.9. The number of carbonyl (C=O) groups is 1. The standard InChI is InChI=1S/C15H22O3/c1-10(2)7-13(9-15(16)17)12-5-6-14(18-4)11(3)8-12/h5-6,8,10,13H,7,9H2,1-4H3,(H,16,17). The summed E-state index contributed by atoms with van der Waals surface area (Å²) < 4.78 is 5.23. The summed E-state index contributed by atoms with van der Waals surface area (Å²) >= 11 is 0. The molecule has 100 valence electrons. The van der Waals surface area contributed by atoms with Gasteiger partial charge in [-0.1, -0.05) is 26.0 Å². The molecule has 0 bridgehead atoms. The molecule has 0 saturated carbocycles. The monoisotopic (exact) mass is 250 g/mol. The van der Waals surface area contributed by atoms with E-state index in [1.807, 2.05) is 25.1 Å². The fraction of sp³-hybridized carbons (Fsp3) is 0.533. The van der Waals surface area contributed by atoms with Crippen molar-refractivity contribution in [2.45, 2.75) is 39.5 Å². The molecule has 0 heterocycles. The fourth-order valence-electron chi connectivity index (χ4n) is 2.27. The second-order valence-corrected chi connectivity index (χ2v) is 5.15. The molecule has 0 spiro atoms. The van der Waals surface area contributed by atoms with E-state index in [-0.39, 0.29) is 12.3 Å². The van der Waals surface area contributed by atoms with Gasteiger partial charge >= 0.3 is 5.97 Å². The minimum absolute atomic E-state index is 0.0760. The molecular formula is C15H22O3. The number of aryl methyl sites for hydroxylation is 1. The summed E-state index contributed by atoms with van der Waals surface area (Å²) in [6.07, 6.45) is 1.07. The van der Waals surface area contributed by atoms with Crippen LogP contribution in [0.4, 0.5) is 0 Å². The van der Waals surface area contributed by atoms with Crippen molar-refractivity contribution in [1.29, 1.82) is 0 Å². The molecule has 1 unspecified atom stereocenters. The van der Waals surface area contributed by atoms with Crippen LogP contribution in [-0.4, -0.2) is 18.2 Å². The van der Waals surface area contributed by atoms with E-state index in [1.165, 1.54) is 0 Å². The molecule has 1 atom stereocenters. The summed E-state index contributed by atoms with van der Waals surface area (Å²) in [6, 6.07) is 5.93. The number of carboxylic acid groups (broad SMARTS) is 1. The van der Waals surface area contributed by atoms with Crippen LogP contribution in [0.3, 0.4) is 0 Å². The summed E-state index contributed by atoms with van der Waals surface area (Å²) in [6.45, 7) is 6.21. The molecule has 0 saturated heterocycles. The Balaban J connectivity index is 2.97. The van der Waals surface area contributed by atoms with Crippen LogP contribution in [0.2, 0.25) is 0 Å². The molecule has 0 aliphatic rings. The lowest BCUT2D eigenvalue weighted by atomic mass is 9.87. The molecule has 1 N–H and O–H groups in total. The minimum Gasteiger partial charge on any atom is -0.496 e. The maximum atomic E-state index is 10.9. The van der Waals surface area contributed by atoms with Gasteiger partial charge in [0.1, 0.15) is 5.75 Å². The zero-order valence-corrected chi connectivity index (χ0v) is 11.6. The molecule has 0 fully saturated rings. The smallest absolute Gasteiger partial charge is 0.303 e. The molecule has 1 aromatic carbocycles. The summed E-state index contributed by atoms with van der Waals surface area (Å²) in [7, 11) is 1.64. The van der Waals surface area contributed by atoms with Gasteiger partial charge < -0.3 is 9.84 Å². The number of rotatable bonds is 6. The third kappa shape index (κ3) is 4.06. The zero-order valence-electron chi connectivity index (χ0n) is 11.6. The van der Waals surface area contributed by atoms with E-state index >= 15 is 0 Å². The van der Waals surface area contributed by atoms with E-state index in [4.69, 9.17) is 9.84 Å².